The Morgan fingerprint density at radius 3 is 2.25 bits per heavy atom. The summed E-state index contributed by atoms with van der Waals surface area (Å²) in [5, 5.41) is 12.2. The van der Waals surface area contributed by atoms with Gasteiger partial charge in [0, 0.05) is 18.6 Å². The van der Waals surface area contributed by atoms with E-state index in [9.17, 15) is 4.79 Å². The molecule has 0 bridgehead atoms. The van der Waals surface area contributed by atoms with Crippen LogP contribution in [0.4, 0.5) is 0 Å². The number of nitrogens with one attached hydrogen (secondary N) is 1. The van der Waals surface area contributed by atoms with Crippen molar-refractivity contribution in [1.29, 1.82) is 0 Å². The van der Waals surface area contributed by atoms with Crippen molar-refractivity contribution in [3.05, 3.63) is 0 Å². The van der Waals surface area contributed by atoms with Gasteiger partial charge in [0.1, 0.15) is 0 Å². The summed E-state index contributed by atoms with van der Waals surface area (Å²) in [6.45, 7) is 0.309. The molecule has 2 N–H and O–H groups in total. The van der Waals surface area contributed by atoms with Gasteiger partial charge in [-0.1, -0.05) is 12.8 Å². The van der Waals surface area contributed by atoms with Crippen LogP contribution in [-0.4, -0.2) is 23.7 Å². The van der Waals surface area contributed by atoms with Crippen molar-refractivity contribution in [2.75, 3.05) is 6.61 Å². The first-order valence-electron chi connectivity index (χ1n) is 6.71. The number of amides is 1. The van der Waals surface area contributed by atoms with Crippen LogP contribution >= 0.6 is 0 Å². The Labute approximate surface area is 97.6 Å². The van der Waals surface area contributed by atoms with Crippen LogP contribution in [0.3, 0.4) is 0 Å². The fourth-order valence-electron chi connectivity index (χ4n) is 3.00. The third-order valence-electron chi connectivity index (χ3n) is 4.18. The SMILES string of the molecule is O=C(NC1CCC(CO)CC1)C1CCCC1. The molecule has 2 rings (SSSR count). The molecule has 0 spiro atoms. The Morgan fingerprint density at radius 1 is 1.06 bits per heavy atom. The molecule has 2 aliphatic carbocycles. The first kappa shape index (κ1) is 11.9. The Hall–Kier alpha value is -0.570. The van der Waals surface area contributed by atoms with Crippen molar-refractivity contribution in [2.45, 2.75) is 57.4 Å². The average molecular weight is 225 g/mol. The van der Waals surface area contributed by atoms with Crippen molar-refractivity contribution in [1.82, 2.24) is 5.32 Å². The van der Waals surface area contributed by atoms with Gasteiger partial charge in [-0.2, -0.15) is 0 Å². The summed E-state index contributed by atoms with van der Waals surface area (Å²) < 4.78 is 0. The molecule has 2 fully saturated rings. The Balaban J connectivity index is 1.71. The van der Waals surface area contributed by atoms with E-state index in [1.54, 1.807) is 0 Å². The van der Waals surface area contributed by atoms with E-state index in [2.05, 4.69) is 5.32 Å². The van der Waals surface area contributed by atoms with Crippen LogP contribution < -0.4 is 5.32 Å². The molecule has 0 aromatic carbocycles. The van der Waals surface area contributed by atoms with E-state index in [0.717, 1.165) is 38.5 Å². The number of aliphatic hydroxyl groups excluding tert-OH is 1. The largest absolute Gasteiger partial charge is 0.396 e. The van der Waals surface area contributed by atoms with E-state index in [4.69, 9.17) is 5.11 Å². The number of aliphatic hydroxyl groups is 1. The zero-order valence-corrected chi connectivity index (χ0v) is 9.95. The van der Waals surface area contributed by atoms with E-state index < -0.39 is 0 Å². The summed E-state index contributed by atoms with van der Waals surface area (Å²) in [7, 11) is 0. The second-order valence-corrected chi connectivity index (χ2v) is 5.39. The van der Waals surface area contributed by atoms with Gasteiger partial charge in [0.05, 0.1) is 0 Å². The van der Waals surface area contributed by atoms with Gasteiger partial charge in [0.2, 0.25) is 5.91 Å². The third kappa shape index (κ3) is 2.97. The van der Waals surface area contributed by atoms with Gasteiger partial charge in [-0.05, 0) is 44.4 Å². The molecule has 92 valence electrons. The van der Waals surface area contributed by atoms with Gasteiger partial charge >= 0.3 is 0 Å². The van der Waals surface area contributed by atoms with Crippen molar-refractivity contribution in [3.8, 4) is 0 Å². The molecule has 0 aromatic rings. The van der Waals surface area contributed by atoms with Gasteiger partial charge in [-0.15, -0.1) is 0 Å². The lowest BCUT2D eigenvalue weighted by Gasteiger charge is -2.28. The topological polar surface area (TPSA) is 49.3 Å². The molecule has 0 aromatic heterocycles. The normalized spacial score (nSPS) is 31.6. The Morgan fingerprint density at radius 2 is 1.69 bits per heavy atom. The van der Waals surface area contributed by atoms with Crippen LogP contribution in [0.1, 0.15) is 51.4 Å². The highest BCUT2D eigenvalue weighted by atomic mass is 16.3. The molecule has 1 amide bonds. The van der Waals surface area contributed by atoms with Crippen LogP contribution in [0.2, 0.25) is 0 Å². The second kappa shape index (κ2) is 5.67. The number of hydrogen-bond acceptors (Lipinski definition) is 2. The third-order valence-corrected chi connectivity index (χ3v) is 4.18. The van der Waals surface area contributed by atoms with Crippen molar-refractivity contribution < 1.29 is 9.90 Å². The van der Waals surface area contributed by atoms with Crippen LogP contribution in [0.25, 0.3) is 0 Å². The standard InChI is InChI=1S/C13H23NO2/c15-9-10-5-7-12(8-6-10)14-13(16)11-3-1-2-4-11/h10-12,15H,1-9H2,(H,14,16). The molecule has 2 saturated carbocycles. The molecule has 2 aliphatic rings. The van der Waals surface area contributed by atoms with E-state index in [1.807, 2.05) is 0 Å². The molecule has 0 unspecified atom stereocenters. The molecule has 0 heterocycles. The molecule has 0 radical (unpaired) electrons. The number of rotatable bonds is 3. The average Bonchev–Trinajstić information content (AvgIpc) is 2.83. The summed E-state index contributed by atoms with van der Waals surface area (Å²) in [4.78, 5) is 11.9. The first-order valence-corrected chi connectivity index (χ1v) is 6.71. The maximum Gasteiger partial charge on any atom is 0.223 e. The van der Waals surface area contributed by atoms with Crippen molar-refractivity contribution >= 4 is 5.91 Å². The predicted octanol–water partition coefficient (Wildman–Crippen LogP) is 1.84. The lowest BCUT2D eigenvalue weighted by atomic mass is 9.86. The van der Waals surface area contributed by atoms with Crippen LogP contribution in [0.15, 0.2) is 0 Å². The molecule has 3 nitrogen and oxygen atoms in total. The van der Waals surface area contributed by atoms with Gasteiger partial charge in [-0.25, -0.2) is 0 Å². The molecule has 0 saturated heterocycles. The monoisotopic (exact) mass is 225 g/mol. The van der Waals surface area contributed by atoms with Crippen LogP contribution in [0, 0.1) is 11.8 Å². The smallest absolute Gasteiger partial charge is 0.223 e. The second-order valence-electron chi connectivity index (χ2n) is 5.39. The summed E-state index contributed by atoms with van der Waals surface area (Å²) in [5.74, 6) is 1.04. The van der Waals surface area contributed by atoms with Gasteiger partial charge in [0.15, 0.2) is 0 Å². The van der Waals surface area contributed by atoms with Gasteiger partial charge in [-0.3, -0.25) is 4.79 Å². The summed E-state index contributed by atoms with van der Waals surface area (Å²) in [5.41, 5.74) is 0. The molecular weight excluding hydrogens is 202 g/mol. The number of hydrogen-bond donors (Lipinski definition) is 2. The van der Waals surface area contributed by atoms with Gasteiger partial charge in [0.25, 0.3) is 0 Å². The maximum atomic E-state index is 11.9. The number of carbonyl (C=O) groups is 1. The highest BCUT2D eigenvalue weighted by molar-refractivity contribution is 5.79. The fraction of sp³-hybridized carbons (Fsp3) is 0.923. The summed E-state index contributed by atoms with van der Waals surface area (Å²) in [6, 6.07) is 0.371. The highest BCUT2D eigenvalue weighted by Gasteiger charge is 2.26. The summed E-state index contributed by atoms with van der Waals surface area (Å²) >= 11 is 0. The number of carbonyl (C=O) groups excluding carboxylic acids is 1. The zero-order valence-electron chi connectivity index (χ0n) is 9.95. The van der Waals surface area contributed by atoms with E-state index in [0.29, 0.717) is 18.6 Å². The zero-order chi connectivity index (χ0) is 11.4. The molecule has 16 heavy (non-hydrogen) atoms. The van der Waals surface area contributed by atoms with Crippen molar-refractivity contribution in [2.24, 2.45) is 11.8 Å². The molecule has 0 aliphatic heterocycles. The maximum absolute atomic E-state index is 11.9. The summed E-state index contributed by atoms with van der Waals surface area (Å²) in [6.07, 6.45) is 8.81. The quantitative estimate of drug-likeness (QED) is 0.770. The molecule has 3 heteroatoms. The minimum Gasteiger partial charge on any atom is -0.396 e. The van der Waals surface area contributed by atoms with Crippen LogP contribution in [-0.2, 0) is 4.79 Å². The Kier molecular flexibility index (Phi) is 4.22. The lowest BCUT2D eigenvalue weighted by Crippen LogP contribution is -2.40. The molecular formula is C13H23NO2. The van der Waals surface area contributed by atoms with Crippen LogP contribution in [0.5, 0.6) is 0 Å². The van der Waals surface area contributed by atoms with Crippen molar-refractivity contribution in [3.63, 3.8) is 0 Å². The Bertz CT molecular complexity index is 228. The molecule has 0 atom stereocenters. The minimum atomic E-state index is 0.282. The highest BCUT2D eigenvalue weighted by Crippen LogP contribution is 2.27. The van der Waals surface area contributed by atoms with E-state index >= 15 is 0 Å². The lowest BCUT2D eigenvalue weighted by molar-refractivity contribution is -0.125. The predicted molar refractivity (Wildman–Crippen MR) is 62.9 cm³/mol. The first-order chi connectivity index (χ1) is 7.79. The van der Waals surface area contributed by atoms with Gasteiger partial charge < -0.3 is 10.4 Å². The van der Waals surface area contributed by atoms with E-state index in [1.165, 1.54) is 12.8 Å². The van der Waals surface area contributed by atoms with E-state index in [-0.39, 0.29) is 11.8 Å². The fourth-order valence-corrected chi connectivity index (χ4v) is 3.00. The minimum absolute atomic E-state index is 0.282.